The lowest BCUT2D eigenvalue weighted by Crippen LogP contribution is -2.26. The van der Waals surface area contributed by atoms with Crippen molar-refractivity contribution in [2.75, 3.05) is 25.0 Å². The van der Waals surface area contributed by atoms with E-state index in [1.54, 1.807) is 12.1 Å². The van der Waals surface area contributed by atoms with Crippen molar-refractivity contribution in [3.63, 3.8) is 0 Å². The summed E-state index contributed by atoms with van der Waals surface area (Å²) in [6.45, 7) is 5.64. The van der Waals surface area contributed by atoms with Gasteiger partial charge in [0.1, 0.15) is 0 Å². The Balaban J connectivity index is 2.03. The number of rotatable bonds is 3. The molecular weight excluding hydrogens is 258 g/mol. The van der Waals surface area contributed by atoms with Crippen LogP contribution < -0.4 is 5.32 Å². The Bertz CT molecular complexity index is 467. The topological polar surface area (TPSA) is 39.1 Å². The summed E-state index contributed by atoms with van der Waals surface area (Å²) in [5.41, 5.74) is 1.53. The molecule has 1 aromatic rings. The summed E-state index contributed by atoms with van der Waals surface area (Å²) in [5, 5.41) is 13.1. The van der Waals surface area contributed by atoms with Gasteiger partial charge in [-0.25, -0.2) is 0 Å². The van der Waals surface area contributed by atoms with E-state index in [4.69, 9.17) is 16.9 Å². The molecule has 0 aliphatic carbocycles. The minimum Gasteiger partial charge on any atom is -0.381 e. The number of halogens is 1. The highest BCUT2D eigenvalue weighted by molar-refractivity contribution is 6.33. The van der Waals surface area contributed by atoms with Gasteiger partial charge in [-0.1, -0.05) is 18.5 Å². The summed E-state index contributed by atoms with van der Waals surface area (Å²) < 4.78 is 0. The minimum absolute atomic E-state index is 0.447. The van der Waals surface area contributed by atoms with Gasteiger partial charge >= 0.3 is 0 Å². The molecule has 0 saturated carbocycles. The number of nitrogens with zero attached hydrogens (tertiary/aromatic N) is 2. The lowest BCUT2D eigenvalue weighted by Gasteiger charge is -2.20. The molecule has 0 spiro atoms. The van der Waals surface area contributed by atoms with Crippen LogP contribution in [-0.4, -0.2) is 30.6 Å². The number of hydrogen-bond donors (Lipinski definition) is 1. The van der Waals surface area contributed by atoms with Gasteiger partial charge in [0.25, 0.3) is 0 Å². The van der Waals surface area contributed by atoms with Crippen molar-refractivity contribution in [3.05, 3.63) is 28.8 Å². The Morgan fingerprint density at radius 3 is 3.00 bits per heavy atom. The highest BCUT2D eigenvalue weighted by atomic mass is 35.5. The van der Waals surface area contributed by atoms with E-state index in [9.17, 15) is 0 Å². The lowest BCUT2D eigenvalue weighted by atomic mass is 10.1. The van der Waals surface area contributed by atoms with Gasteiger partial charge in [-0.05, 0) is 50.6 Å². The van der Waals surface area contributed by atoms with Crippen LogP contribution in [0.5, 0.6) is 0 Å². The normalized spacial score (nSPS) is 20.6. The lowest BCUT2D eigenvalue weighted by molar-refractivity contribution is 0.300. The maximum atomic E-state index is 8.94. The summed E-state index contributed by atoms with van der Waals surface area (Å²) in [5.74, 6) is 0. The molecule has 1 unspecified atom stereocenters. The van der Waals surface area contributed by atoms with Crippen LogP contribution >= 0.6 is 11.6 Å². The third kappa shape index (κ3) is 3.86. The molecule has 2 rings (SSSR count). The fourth-order valence-corrected chi connectivity index (χ4v) is 2.71. The minimum atomic E-state index is 0.447. The quantitative estimate of drug-likeness (QED) is 0.919. The molecule has 1 N–H and O–H groups in total. The molecule has 4 heteroatoms. The number of nitriles is 1. The molecule has 102 valence electrons. The Labute approximate surface area is 120 Å². The fourth-order valence-electron chi connectivity index (χ4n) is 2.54. The molecule has 1 atom stereocenters. The zero-order valence-corrected chi connectivity index (χ0v) is 12.1. The molecular formula is C15H20ClN3. The van der Waals surface area contributed by atoms with Gasteiger partial charge in [0.2, 0.25) is 0 Å². The van der Waals surface area contributed by atoms with Gasteiger partial charge in [0.15, 0.2) is 0 Å². The number of benzene rings is 1. The Morgan fingerprint density at radius 1 is 1.42 bits per heavy atom. The molecule has 0 aromatic heterocycles. The van der Waals surface area contributed by atoms with Crippen molar-refractivity contribution in [2.45, 2.75) is 32.2 Å². The van der Waals surface area contributed by atoms with Crippen LogP contribution in [0.3, 0.4) is 0 Å². The van der Waals surface area contributed by atoms with Crippen LogP contribution in [0.2, 0.25) is 5.02 Å². The first-order valence-electron chi connectivity index (χ1n) is 6.91. The second-order valence-electron chi connectivity index (χ2n) is 5.01. The third-order valence-electron chi connectivity index (χ3n) is 3.72. The molecule has 1 aromatic carbocycles. The Kier molecular flexibility index (Phi) is 5.07. The maximum Gasteiger partial charge on any atom is 0.0992 e. The zero-order valence-electron chi connectivity index (χ0n) is 11.3. The third-order valence-corrected chi connectivity index (χ3v) is 4.05. The van der Waals surface area contributed by atoms with E-state index in [1.807, 2.05) is 6.07 Å². The predicted molar refractivity (Wildman–Crippen MR) is 79.5 cm³/mol. The molecule has 1 aliphatic rings. The van der Waals surface area contributed by atoms with E-state index in [0.717, 1.165) is 31.6 Å². The molecule has 0 amide bonds. The maximum absolute atomic E-state index is 8.94. The number of likely N-dealkylation sites (tertiary alicyclic amines) is 1. The van der Waals surface area contributed by atoms with E-state index >= 15 is 0 Å². The largest absolute Gasteiger partial charge is 0.381 e. The SMILES string of the molecule is CCN1CCCC(Nc2cc(C#N)ccc2Cl)CC1. The zero-order chi connectivity index (χ0) is 13.7. The molecule has 3 nitrogen and oxygen atoms in total. The van der Waals surface area contributed by atoms with Crippen LogP contribution in [0, 0.1) is 11.3 Å². The molecule has 1 saturated heterocycles. The van der Waals surface area contributed by atoms with Crippen molar-refractivity contribution in [3.8, 4) is 6.07 Å². The van der Waals surface area contributed by atoms with Crippen LogP contribution in [0.25, 0.3) is 0 Å². The molecule has 0 radical (unpaired) electrons. The van der Waals surface area contributed by atoms with E-state index in [2.05, 4.69) is 23.2 Å². The molecule has 1 aliphatic heterocycles. The van der Waals surface area contributed by atoms with Gasteiger partial charge < -0.3 is 10.2 Å². The van der Waals surface area contributed by atoms with E-state index < -0.39 is 0 Å². The van der Waals surface area contributed by atoms with E-state index in [1.165, 1.54) is 13.0 Å². The Morgan fingerprint density at radius 2 is 2.26 bits per heavy atom. The fraction of sp³-hybridized carbons (Fsp3) is 0.533. The van der Waals surface area contributed by atoms with Crippen LogP contribution in [-0.2, 0) is 0 Å². The van der Waals surface area contributed by atoms with Gasteiger partial charge in [-0.2, -0.15) is 5.26 Å². The second-order valence-corrected chi connectivity index (χ2v) is 5.42. The number of nitrogens with one attached hydrogen (secondary N) is 1. The summed E-state index contributed by atoms with van der Waals surface area (Å²) in [7, 11) is 0. The van der Waals surface area contributed by atoms with Crippen LogP contribution in [0.1, 0.15) is 31.7 Å². The van der Waals surface area contributed by atoms with Gasteiger partial charge in [0, 0.05) is 12.6 Å². The molecule has 19 heavy (non-hydrogen) atoms. The summed E-state index contributed by atoms with van der Waals surface area (Å²) in [6.07, 6.45) is 3.49. The van der Waals surface area contributed by atoms with Gasteiger partial charge in [-0.3, -0.25) is 0 Å². The first-order valence-corrected chi connectivity index (χ1v) is 7.29. The van der Waals surface area contributed by atoms with Gasteiger partial charge in [-0.15, -0.1) is 0 Å². The van der Waals surface area contributed by atoms with Crippen molar-refractivity contribution < 1.29 is 0 Å². The molecule has 1 fully saturated rings. The first kappa shape index (κ1) is 14.2. The second kappa shape index (κ2) is 6.79. The Hall–Kier alpha value is -1.24. The van der Waals surface area contributed by atoms with Crippen molar-refractivity contribution in [1.29, 1.82) is 5.26 Å². The van der Waals surface area contributed by atoms with Crippen LogP contribution in [0.4, 0.5) is 5.69 Å². The average Bonchev–Trinajstić information content (AvgIpc) is 2.66. The van der Waals surface area contributed by atoms with Crippen LogP contribution in [0.15, 0.2) is 18.2 Å². The highest BCUT2D eigenvalue weighted by Crippen LogP contribution is 2.25. The van der Waals surface area contributed by atoms with Crippen molar-refractivity contribution in [1.82, 2.24) is 4.90 Å². The van der Waals surface area contributed by atoms with Crippen molar-refractivity contribution >= 4 is 17.3 Å². The molecule has 1 heterocycles. The van der Waals surface area contributed by atoms with Gasteiger partial charge in [0.05, 0.1) is 22.3 Å². The monoisotopic (exact) mass is 277 g/mol. The number of anilines is 1. The van der Waals surface area contributed by atoms with E-state index in [-0.39, 0.29) is 0 Å². The number of hydrogen-bond acceptors (Lipinski definition) is 3. The standard InChI is InChI=1S/C15H20ClN3/c1-2-19-8-3-4-13(7-9-19)18-15-10-12(11-17)5-6-14(15)16/h5-6,10,13,18H,2-4,7-9H2,1H3. The highest BCUT2D eigenvalue weighted by Gasteiger charge is 2.16. The van der Waals surface area contributed by atoms with E-state index in [0.29, 0.717) is 16.6 Å². The summed E-state index contributed by atoms with van der Waals surface area (Å²) in [4.78, 5) is 2.48. The average molecular weight is 278 g/mol. The summed E-state index contributed by atoms with van der Waals surface area (Å²) >= 11 is 6.19. The predicted octanol–water partition coefficient (Wildman–Crippen LogP) is 3.50. The van der Waals surface area contributed by atoms with Crippen molar-refractivity contribution in [2.24, 2.45) is 0 Å². The molecule has 0 bridgehead atoms. The summed E-state index contributed by atoms with van der Waals surface area (Å²) in [6, 6.07) is 7.98. The smallest absolute Gasteiger partial charge is 0.0992 e. The first-order chi connectivity index (χ1) is 9.22.